The van der Waals surface area contributed by atoms with Crippen LogP contribution in [0.3, 0.4) is 0 Å². The van der Waals surface area contributed by atoms with Crippen molar-refractivity contribution in [3.8, 4) is 0 Å². The minimum Gasteiger partial charge on any atom is -0.499 e. The maximum absolute atomic E-state index is 9.11. The quantitative estimate of drug-likeness (QED) is 0.694. The molecule has 2 aromatic carbocycles. The molecule has 1 N–H and O–H groups in total. The van der Waals surface area contributed by atoms with Crippen LogP contribution in [0.2, 0.25) is 0 Å². The standard InChI is InChI=1S/C11H8OS/c12-11(13)10-6-5-8-3-1-2-4-9(8)7-10/h1-7H,(H,12,13). The molecule has 2 heteroatoms. The van der Waals surface area contributed by atoms with Crippen LogP contribution in [0.25, 0.3) is 10.8 Å². The van der Waals surface area contributed by atoms with Crippen molar-refractivity contribution in [1.82, 2.24) is 0 Å². The zero-order valence-corrected chi connectivity index (χ0v) is 7.71. The SMILES string of the molecule is OC(=S)c1ccc2ccccc2c1. The average Bonchev–Trinajstić information content (AvgIpc) is 2.17. The lowest BCUT2D eigenvalue weighted by molar-refractivity contribution is 0.571. The highest BCUT2D eigenvalue weighted by molar-refractivity contribution is 7.80. The molecule has 64 valence electrons. The Hall–Kier alpha value is -1.41. The van der Waals surface area contributed by atoms with Gasteiger partial charge >= 0.3 is 0 Å². The van der Waals surface area contributed by atoms with Gasteiger partial charge in [0.1, 0.15) is 0 Å². The fourth-order valence-electron chi connectivity index (χ4n) is 1.32. The Morgan fingerprint density at radius 1 is 1.00 bits per heavy atom. The first-order valence-electron chi connectivity index (χ1n) is 3.99. The number of hydrogen-bond acceptors (Lipinski definition) is 1. The predicted octanol–water partition coefficient (Wildman–Crippen LogP) is 3.07. The van der Waals surface area contributed by atoms with Crippen LogP contribution >= 0.6 is 12.2 Å². The molecule has 0 aliphatic rings. The van der Waals surface area contributed by atoms with Crippen molar-refractivity contribution in [3.63, 3.8) is 0 Å². The normalized spacial score (nSPS) is 10.2. The molecule has 0 saturated carbocycles. The molecule has 0 aliphatic heterocycles. The molecule has 0 bridgehead atoms. The van der Waals surface area contributed by atoms with E-state index in [4.69, 9.17) is 5.11 Å². The van der Waals surface area contributed by atoms with Crippen LogP contribution in [-0.4, -0.2) is 10.2 Å². The summed E-state index contributed by atoms with van der Waals surface area (Å²) in [5, 5.41) is 11.3. The van der Waals surface area contributed by atoms with Gasteiger partial charge in [0.05, 0.1) is 0 Å². The van der Waals surface area contributed by atoms with Gasteiger partial charge in [0.15, 0.2) is 5.05 Å². The Balaban J connectivity index is 2.69. The highest BCUT2D eigenvalue weighted by Gasteiger charge is 1.98. The van der Waals surface area contributed by atoms with Crippen LogP contribution in [0.4, 0.5) is 0 Å². The maximum atomic E-state index is 9.11. The second-order valence-electron chi connectivity index (χ2n) is 2.87. The molecule has 0 spiro atoms. The lowest BCUT2D eigenvalue weighted by atomic mass is 10.1. The van der Waals surface area contributed by atoms with Crippen LogP contribution in [0, 0.1) is 0 Å². The summed E-state index contributed by atoms with van der Waals surface area (Å²) in [5.74, 6) is 0. The van der Waals surface area contributed by atoms with E-state index >= 15 is 0 Å². The van der Waals surface area contributed by atoms with Crippen molar-refractivity contribution < 1.29 is 5.11 Å². The summed E-state index contributed by atoms with van der Waals surface area (Å²) in [6, 6.07) is 13.6. The molecule has 0 amide bonds. The first kappa shape index (κ1) is 8.20. The molecule has 0 heterocycles. The lowest BCUT2D eigenvalue weighted by Crippen LogP contribution is -1.93. The van der Waals surface area contributed by atoms with Gasteiger partial charge in [-0.15, -0.1) is 0 Å². The predicted molar refractivity (Wildman–Crippen MR) is 58.3 cm³/mol. The third-order valence-electron chi connectivity index (χ3n) is 2.00. The first-order chi connectivity index (χ1) is 6.27. The van der Waals surface area contributed by atoms with E-state index in [9.17, 15) is 0 Å². The third-order valence-corrected chi connectivity index (χ3v) is 2.23. The van der Waals surface area contributed by atoms with Gasteiger partial charge in [-0.25, -0.2) is 0 Å². The summed E-state index contributed by atoms with van der Waals surface area (Å²) in [6.07, 6.45) is 0. The van der Waals surface area contributed by atoms with E-state index in [1.165, 1.54) is 0 Å². The number of aliphatic hydroxyl groups excluding tert-OH is 1. The van der Waals surface area contributed by atoms with E-state index in [-0.39, 0.29) is 5.05 Å². The summed E-state index contributed by atoms with van der Waals surface area (Å²) in [4.78, 5) is 0. The molecule has 13 heavy (non-hydrogen) atoms. The van der Waals surface area contributed by atoms with Crippen LogP contribution in [0.15, 0.2) is 42.5 Å². The largest absolute Gasteiger partial charge is 0.499 e. The lowest BCUT2D eigenvalue weighted by Gasteiger charge is -1.99. The van der Waals surface area contributed by atoms with E-state index in [1.807, 2.05) is 42.5 Å². The van der Waals surface area contributed by atoms with Crippen molar-refractivity contribution in [2.24, 2.45) is 0 Å². The monoisotopic (exact) mass is 188 g/mol. The summed E-state index contributed by atoms with van der Waals surface area (Å²) in [7, 11) is 0. The van der Waals surface area contributed by atoms with Gasteiger partial charge in [-0.2, -0.15) is 0 Å². The molecule has 0 unspecified atom stereocenters. The van der Waals surface area contributed by atoms with Gasteiger partial charge in [0, 0.05) is 5.56 Å². The fraction of sp³-hybridized carbons (Fsp3) is 0. The Kier molecular flexibility index (Phi) is 1.99. The van der Waals surface area contributed by atoms with Gasteiger partial charge in [-0.05, 0) is 35.1 Å². The number of rotatable bonds is 1. The second-order valence-corrected chi connectivity index (χ2v) is 3.25. The summed E-state index contributed by atoms with van der Waals surface area (Å²) >= 11 is 4.68. The Labute approximate surface area is 81.6 Å². The van der Waals surface area contributed by atoms with Crippen molar-refractivity contribution in [3.05, 3.63) is 48.0 Å². The molecule has 0 radical (unpaired) electrons. The van der Waals surface area contributed by atoms with Crippen LogP contribution in [0.1, 0.15) is 5.56 Å². The van der Waals surface area contributed by atoms with Gasteiger partial charge in [-0.3, -0.25) is 0 Å². The van der Waals surface area contributed by atoms with Crippen LogP contribution < -0.4 is 0 Å². The molecule has 0 aromatic heterocycles. The number of fused-ring (bicyclic) bond motifs is 1. The second kappa shape index (κ2) is 3.15. The van der Waals surface area contributed by atoms with Gasteiger partial charge < -0.3 is 5.11 Å². The molecule has 0 saturated heterocycles. The number of aliphatic hydroxyl groups is 1. The summed E-state index contributed by atoms with van der Waals surface area (Å²) in [6.45, 7) is 0. The molecule has 1 nitrogen and oxygen atoms in total. The zero-order valence-electron chi connectivity index (χ0n) is 6.90. The minimum absolute atomic E-state index is 0.0502. The maximum Gasteiger partial charge on any atom is 0.188 e. The fourth-order valence-corrected chi connectivity index (χ4v) is 1.45. The highest BCUT2D eigenvalue weighted by Crippen LogP contribution is 2.15. The summed E-state index contributed by atoms with van der Waals surface area (Å²) < 4.78 is 0. The molecule has 0 atom stereocenters. The van der Waals surface area contributed by atoms with Gasteiger partial charge in [-0.1, -0.05) is 30.3 Å². The van der Waals surface area contributed by atoms with Crippen molar-refractivity contribution in [2.75, 3.05) is 0 Å². The van der Waals surface area contributed by atoms with Gasteiger partial charge in [0.2, 0.25) is 0 Å². The number of benzene rings is 2. The van der Waals surface area contributed by atoms with Crippen LogP contribution in [-0.2, 0) is 0 Å². The van der Waals surface area contributed by atoms with Crippen molar-refractivity contribution >= 4 is 28.0 Å². The Morgan fingerprint density at radius 3 is 2.38 bits per heavy atom. The third kappa shape index (κ3) is 1.53. The van der Waals surface area contributed by atoms with Crippen molar-refractivity contribution in [1.29, 1.82) is 0 Å². The highest BCUT2D eigenvalue weighted by atomic mass is 32.1. The Bertz CT molecular complexity index is 462. The minimum atomic E-state index is -0.0502. The van der Waals surface area contributed by atoms with E-state index in [0.717, 1.165) is 10.8 Å². The first-order valence-corrected chi connectivity index (χ1v) is 4.40. The van der Waals surface area contributed by atoms with Crippen LogP contribution in [0.5, 0.6) is 0 Å². The van der Waals surface area contributed by atoms with Gasteiger partial charge in [0.25, 0.3) is 0 Å². The summed E-state index contributed by atoms with van der Waals surface area (Å²) in [5.41, 5.74) is 0.703. The molecule has 0 aliphatic carbocycles. The molecule has 0 fully saturated rings. The zero-order chi connectivity index (χ0) is 9.26. The molecular formula is C11H8OS. The molecule has 2 aromatic rings. The number of thiocarbonyl (C=S) groups is 1. The average molecular weight is 188 g/mol. The van der Waals surface area contributed by atoms with E-state index in [0.29, 0.717) is 5.56 Å². The van der Waals surface area contributed by atoms with E-state index in [2.05, 4.69) is 12.2 Å². The van der Waals surface area contributed by atoms with E-state index in [1.54, 1.807) is 0 Å². The molecule has 2 rings (SSSR count). The van der Waals surface area contributed by atoms with E-state index < -0.39 is 0 Å². The topological polar surface area (TPSA) is 20.2 Å². The number of hydrogen-bond donors (Lipinski definition) is 1. The Morgan fingerprint density at radius 2 is 1.69 bits per heavy atom. The molecular weight excluding hydrogens is 180 g/mol. The van der Waals surface area contributed by atoms with Crippen molar-refractivity contribution in [2.45, 2.75) is 0 Å². The smallest absolute Gasteiger partial charge is 0.188 e.